The summed E-state index contributed by atoms with van der Waals surface area (Å²) < 4.78 is 22.1. The van der Waals surface area contributed by atoms with Crippen molar-refractivity contribution in [1.29, 1.82) is 0 Å². The van der Waals surface area contributed by atoms with Gasteiger partial charge in [0.2, 0.25) is 0 Å². The van der Waals surface area contributed by atoms with Gasteiger partial charge in [0.1, 0.15) is 9.84 Å². The molecule has 1 rings (SSSR count). The lowest BCUT2D eigenvalue weighted by Crippen LogP contribution is -2.06. The maximum atomic E-state index is 11.1. The molecule has 0 spiro atoms. The van der Waals surface area contributed by atoms with Crippen LogP contribution in [-0.4, -0.2) is 27.0 Å². The van der Waals surface area contributed by atoms with E-state index in [1.807, 2.05) is 12.1 Å². The second-order valence-electron chi connectivity index (χ2n) is 4.60. The second kappa shape index (κ2) is 6.17. The first-order chi connectivity index (χ1) is 7.92. The number of aryl methyl sites for hydroxylation is 1. The molecule has 1 aromatic rings. The minimum absolute atomic E-state index is 0.213. The van der Waals surface area contributed by atoms with E-state index in [1.54, 1.807) is 0 Å². The second-order valence-corrected chi connectivity index (χ2v) is 6.86. The molecular weight excluding hydrogens is 234 g/mol. The van der Waals surface area contributed by atoms with Gasteiger partial charge in [-0.2, -0.15) is 0 Å². The van der Waals surface area contributed by atoms with E-state index in [9.17, 15) is 8.42 Å². The smallest absolute Gasteiger partial charge is 0.147 e. The van der Waals surface area contributed by atoms with Gasteiger partial charge in [-0.25, -0.2) is 8.42 Å². The van der Waals surface area contributed by atoms with Gasteiger partial charge in [-0.05, 0) is 36.4 Å². The van der Waals surface area contributed by atoms with Crippen molar-refractivity contribution in [2.45, 2.75) is 25.7 Å². The first-order valence-electron chi connectivity index (χ1n) is 5.89. The van der Waals surface area contributed by atoms with E-state index >= 15 is 0 Å². The molecule has 0 aliphatic carbocycles. The summed E-state index contributed by atoms with van der Waals surface area (Å²) in [7, 11) is -2.87. The standard InChI is InChI=1S/C13H21NO2S/c1-11(7-9-14)13-5-3-12(4-6-13)8-10-17(2,15)16/h3-6,11H,7-10,14H2,1-2H3. The Bertz CT molecular complexity index is 437. The van der Waals surface area contributed by atoms with Crippen molar-refractivity contribution >= 4 is 9.84 Å². The number of rotatable bonds is 6. The Morgan fingerprint density at radius 3 is 2.29 bits per heavy atom. The van der Waals surface area contributed by atoms with Crippen LogP contribution in [0.3, 0.4) is 0 Å². The Kier molecular flexibility index (Phi) is 5.15. The lowest BCUT2D eigenvalue weighted by atomic mass is 9.96. The zero-order chi connectivity index (χ0) is 12.9. The van der Waals surface area contributed by atoms with Crippen molar-refractivity contribution in [2.75, 3.05) is 18.6 Å². The molecule has 0 aliphatic rings. The molecule has 0 fully saturated rings. The highest BCUT2D eigenvalue weighted by Crippen LogP contribution is 2.18. The maximum absolute atomic E-state index is 11.1. The molecule has 3 nitrogen and oxygen atoms in total. The van der Waals surface area contributed by atoms with Crippen molar-refractivity contribution < 1.29 is 8.42 Å². The van der Waals surface area contributed by atoms with Crippen molar-refractivity contribution in [3.8, 4) is 0 Å². The molecule has 1 atom stereocenters. The van der Waals surface area contributed by atoms with Gasteiger partial charge in [-0.3, -0.25) is 0 Å². The van der Waals surface area contributed by atoms with E-state index in [4.69, 9.17) is 5.73 Å². The summed E-state index contributed by atoms with van der Waals surface area (Å²) in [5.74, 6) is 0.675. The Balaban J connectivity index is 2.62. The maximum Gasteiger partial charge on any atom is 0.147 e. The van der Waals surface area contributed by atoms with Gasteiger partial charge in [0.25, 0.3) is 0 Å². The third kappa shape index (κ3) is 5.33. The summed E-state index contributed by atoms with van der Waals surface area (Å²) in [4.78, 5) is 0. The number of hydrogen-bond donors (Lipinski definition) is 1. The lowest BCUT2D eigenvalue weighted by Gasteiger charge is -2.11. The number of sulfone groups is 1. The predicted molar refractivity (Wildman–Crippen MR) is 71.9 cm³/mol. The third-order valence-corrected chi connectivity index (χ3v) is 3.86. The fourth-order valence-corrected chi connectivity index (χ4v) is 2.34. The van der Waals surface area contributed by atoms with Crippen LogP contribution >= 0.6 is 0 Å². The quantitative estimate of drug-likeness (QED) is 0.842. The minimum Gasteiger partial charge on any atom is -0.330 e. The largest absolute Gasteiger partial charge is 0.330 e. The first kappa shape index (κ1) is 14.2. The number of nitrogens with two attached hydrogens (primary N) is 1. The topological polar surface area (TPSA) is 60.2 Å². The van der Waals surface area contributed by atoms with Crippen LogP contribution in [0.4, 0.5) is 0 Å². The molecule has 0 heterocycles. The summed E-state index contributed by atoms with van der Waals surface area (Å²) in [6.45, 7) is 2.84. The van der Waals surface area contributed by atoms with E-state index in [1.165, 1.54) is 11.8 Å². The van der Waals surface area contributed by atoms with Gasteiger partial charge in [0, 0.05) is 6.26 Å². The molecule has 1 aromatic carbocycles. The van der Waals surface area contributed by atoms with Gasteiger partial charge < -0.3 is 5.73 Å². The van der Waals surface area contributed by atoms with Crippen molar-refractivity contribution in [3.63, 3.8) is 0 Å². The Hall–Kier alpha value is -0.870. The van der Waals surface area contributed by atoms with Crippen LogP contribution < -0.4 is 5.73 Å². The molecule has 0 bridgehead atoms. The van der Waals surface area contributed by atoms with Crippen LogP contribution in [0.15, 0.2) is 24.3 Å². The first-order valence-corrected chi connectivity index (χ1v) is 7.95. The SMILES string of the molecule is CC(CCN)c1ccc(CCS(C)(=O)=O)cc1. The fraction of sp³-hybridized carbons (Fsp3) is 0.538. The lowest BCUT2D eigenvalue weighted by molar-refractivity contribution is 0.601. The number of benzene rings is 1. The van der Waals surface area contributed by atoms with Gasteiger partial charge in [0.15, 0.2) is 0 Å². The summed E-state index contributed by atoms with van der Waals surface area (Å²) in [5, 5.41) is 0. The highest BCUT2D eigenvalue weighted by molar-refractivity contribution is 7.90. The van der Waals surface area contributed by atoms with Gasteiger partial charge >= 0.3 is 0 Å². The van der Waals surface area contributed by atoms with Crippen LogP contribution in [0.25, 0.3) is 0 Å². The average Bonchev–Trinajstić information content (AvgIpc) is 2.26. The van der Waals surface area contributed by atoms with Crippen molar-refractivity contribution in [3.05, 3.63) is 35.4 Å². The molecule has 0 amide bonds. The highest BCUT2D eigenvalue weighted by Gasteiger charge is 2.06. The van der Waals surface area contributed by atoms with Crippen LogP contribution in [0.1, 0.15) is 30.4 Å². The summed E-state index contributed by atoms with van der Waals surface area (Å²) >= 11 is 0. The molecule has 2 N–H and O–H groups in total. The highest BCUT2D eigenvalue weighted by atomic mass is 32.2. The molecule has 1 unspecified atom stereocenters. The van der Waals surface area contributed by atoms with E-state index in [-0.39, 0.29) is 5.75 Å². The molecule has 96 valence electrons. The van der Waals surface area contributed by atoms with Crippen molar-refractivity contribution in [2.24, 2.45) is 5.73 Å². The normalized spacial score (nSPS) is 13.6. The predicted octanol–water partition coefficient (Wildman–Crippen LogP) is 1.73. The van der Waals surface area contributed by atoms with Gasteiger partial charge in [-0.1, -0.05) is 31.2 Å². The molecule has 0 aliphatic heterocycles. The molecule has 0 aromatic heterocycles. The van der Waals surface area contributed by atoms with Crippen LogP contribution in [-0.2, 0) is 16.3 Å². The molecule has 0 saturated carbocycles. The Morgan fingerprint density at radius 1 is 1.24 bits per heavy atom. The molecule has 4 heteroatoms. The Labute approximate surface area is 104 Å². The monoisotopic (exact) mass is 255 g/mol. The van der Waals surface area contributed by atoms with Crippen LogP contribution in [0, 0.1) is 0 Å². The molecule has 0 saturated heterocycles. The molecular formula is C13H21NO2S. The van der Waals surface area contributed by atoms with Crippen LogP contribution in [0.2, 0.25) is 0 Å². The van der Waals surface area contributed by atoms with E-state index in [0.717, 1.165) is 12.0 Å². The zero-order valence-corrected chi connectivity index (χ0v) is 11.3. The summed E-state index contributed by atoms with van der Waals surface area (Å²) in [6.07, 6.45) is 2.83. The van der Waals surface area contributed by atoms with E-state index in [2.05, 4.69) is 19.1 Å². The van der Waals surface area contributed by atoms with Crippen molar-refractivity contribution in [1.82, 2.24) is 0 Å². The average molecular weight is 255 g/mol. The summed E-state index contributed by atoms with van der Waals surface area (Å²) in [6, 6.07) is 8.15. The molecule has 0 radical (unpaired) electrons. The van der Waals surface area contributed by atoms with E-state index < -0.39 is 9.84 Å². The van der Waals surface area contributed by atoms with Gasteiger partial charge in [-0.15, -0.1) is 0 Å². The third-order valence-electron chi connectivity index (χ3n) is 2.91. The zero-order valence-electron chi connectivity index (χ0n) is 10.5. The molecule has 17 heavy (non-hydrogen) atoms. The number of hydrogen-bond acceptors (Lipinski definition) is 3. The Morgan fingerprint density at radius 2 is 1.82 bits per heavy atom. The summed E-state index contributed by atoms with van der Waals surface area (Å²) in [5.41, 5.74) is 7.86. The van der Waals surface area contributed by atoms with Crippen LogP contribution in [0.5, 0.6) is 0 Å². The van der Waals surface area contributed by atoms with Gasteiger partial charge in [0.05, 0.1) is 5.75 Å². The minimum atomic E-state index is -2.87. The van der Waals surface area contributed by atoms with E-state index in [0.29, 0.717) is 18.9 Å². The fourth-order valence-electron chi connectivity index (χ4n) is 1.73.